The molecule has 12 heteroatoms. The van der Waals surface area contributed by atoms with Crippen LogP contribution in [0.3, 0.4) is 0 Å². The zero-order valence-corrected chi connectivity index (χ0v) is 17.4. The third-order valence-electron chi connectivity index (χ3n) is 3.65. The molecule has 0 atom stereocenters. The van der Waals surface area contributed by atoms with E-state index in [2.05, 4.69) is 20.5 Å². The Morgan fingerprint density at radius 1 is 1.43 bits per heavy atom. The number of ether oxygens (including phenoxy) is 1. The Labute approximate surface area is 167 Å². The van der Waals surface area contributed by atoms with E-state index in [9.17, 15) is 17.6 Å². The van der Waals surface area contributed by atoms with Crippen molar-refractivity contribution in [3.8, 4) is 5.75 Å². The van der Waals surface area contributed by atoms with Crippen LogP contribution in [0.1, 0.15) is 12.7 Å². The number of benzene rings is 1. The molecular weight excluding hydrogens is 409 g/mol. The minimum Gasteiger partial charge on any atom is -0.495 e. The lowest BCUT2D eigenvalue weighted by atomic mass is 10.3. The van der Waals surface area contributed by atoms with Crippen molar-refractivity contribution >= 4 is 27.7 Å². The summed E-state index contributed by atoms with van der Waals surface area (Å²) >= 11 is 1.36. The van der Waals surface area contributed by atoms with Crippen molar-refractivity contribution in [1.29, 1.82) is 0 Å². The van der Waals surface area contributed by atoms with Gasteiger partial charge in [-0.15, -0.1) is 5.10 Å². The van der Waals surface area contributed by atoms with E-state index in [0.717, 1.165) is 16.4 Å². The van der Waals surface area contributed by atoms with Crippen molar-refractivity contribution in [2.75, 3.05) is 32.5 Å². The molecule has 2 N–H and O–H groups in total. The number of aromatic amines is 1. The number of rotatable bonds is 10. The van der Waals surface area contributed by atoms with Crippen LogP contribution in [0.15, 0.2) is 28.3 Å². The molecular formula is C16H22FN5O4S2. The highest BCUT2D eigenvalue weighted by atomic mass is 32.2. The minimum absolute atomic E-state index is 0.0125. The van der Waals surface area contributed by atoms with Crippen molar-refractivity contribution in [2.24, 2.45) is 0 Å². The van der Waals surface area contributed by atoms with Gasteiger partial charge in [0.1, 0.15) is 22.3 Å². The number of carbonyl (C=O) groups excluding carboxylic acids is 1. The molecule has 0 saturated carbocycles. The highest BCUT2D eigenvalue weighted by Crippen LogP contribution is 2.27. The molecule has 2 rings (SSSR count). The first-order valence-corrected chi connectivity index (χ1v) is 10.8. The van der Waals surface area contributed by atoms with E-state index < -0.39 is 21.7 Å². The first-order chi connectivity index (χ1) is 13.3. The van der Waals surface area contributed by atoms with Crippen molar-refractivity contribution in [3.63, 3.8) is 0 Å². The number of aromatic nitrogens is 3. The van der Waals surface area contributed by atoms with Crippen molar-refractivity contribution in [2.45, 2.75) is 23.9 Å². The molecule has 0 radical (unpaired) electrons. The van der Waals surface area contributed by atoms with Gasteiger partial charge in [-0.25, -0.2) is 17.8 Å². The molecule has 9 nitrogen and oxygen atoms in total. The molecule has 1 aromatic heterocycles. The summed E-state index contributed by atoms with van der Waals surface area (Å²) in [6.45, 7) is 3.35. The highest BCUT2D eigenvalue weighted by Gasteiger charge is 2.28. The second-order valence-corrected chi connectivity index (χ2v) is 8.60. The summed E-state index contributed by atoms with van der Waals surface area (Å²) in [6.07, 6.45) is 0. The summed E-state index contributed by atoms with van der Waals surface area (Å²) in [7, 11) is -2.81. The number of hydrogen-bond donors (Lipinski definition) is 2. The zero-order chi connectivity index (χ0) is 20.7. The van der Waals surface area contributed by atoms with Gasteiger partial charge in [0.25, 0.3) is 0 Å². The van der Waals surface area contributed by atoms with E-state index in [0.29, 0.717) is 23.3 Å². The quantitative estimate of drug-likeness (QED) is 0.428. The minimum atomic E-state index is -4.10. The Morgan fingerprint density at radius 2 is 2.18 bits per heavy atom. The Morgan fingerprint density at radius 3 is 2.79 bits per heavy atom. The molecule has 0 aliphatic carbocycles. The number of sulfonamides is 1. The fourth-order valence-electron chi connectivity index (χ4n) is 2.29. The molecule has 154 valence electrons. The summed E-state index contributed by atoms with van der Waals surface area (Å²) in [6, 6.07) is 3.22. The second-order valence-electron chi connectivity index (χ2n) is 5.63. The third-order valence-corrected chi connectivity index (χ3v) is 6.44. The van der Waals surface area contributed by atoms with Gasteiger partial charge < -0.3 is 10.1 Å². The fraction of sp³-hybridized carbons (Fsp3) is 0.438. The molecule has 0 spiro atoms. The van der Waals surface area contributed by atoms with Gasteiger partial charge in [0.05, 0.1) is 13.7 Å². The number of hydrogen-bond acceptors (Lipinski definition) is 7. The fourth-order valence-corrected chi connectivity index (χ4v) is 4.56. The highest BCUT2D eigenvalue weighted by molar-refractivity contribution is 7.99. The van der Waals surface area contributed by atoms with Crippen LogP contribution in [-0.2, 0) is 14.8 Å². The van der Waals surface area contributed by atoms with E-state index in [1.807, 2.05) is 0 Å². The molecule has 0 aliphatic rings. The van der Waals surface area contributed by atoms with E-state index in [1.165, 1.54) is 24.9 Å². The maximum Gasteiger partial charge on any atom is 0.247 e. The molecule has 1 amide bonds. The molecule has 0 saturated heterocycles. The Balaban J connectivity index is 1.96. The monoisotopic (exact) mass is 431 g/mol. The van der Waals surface area contributed by atoms with Gasteiger partial charge >= 0.3 is 0 Å². The number of amides is 1. The Hall–Kier alpha value is -2.18. The lowest BCUT2D eigenvalue weighted by Gasteiger charge is -2.21. The van der Waals surface area contributed by atoms with Gasteiger partial charge in [-0.05, 0) is 25.1 Å². The molecule has 0 aliphatic heterocycles. The van der Waals surface area contributed by atoms with Gasteiger partial charge in [-0.3, -0.25) is 9.89 Å². The average Bonchev–Trinajstić information content (AvgIpc) is 3.08. The number of thioether (sulfide) groups is 1. The molecule has 1 aromatic carbocycles. The predicted octanol–water partition coefficient (Wildman–Crippen LogP) is 1.18. The van der Waals surface area contributed by atoms with Crippen LogP contribution in [-0.4, -0.2) is 66.3 Å². The van der Waals surface area contributed by atoms with Crippen LogP contribution in [0.4, 0.5) is 4.39 Å². The zero-order valence-electron chi connectivity index (χ0n) is 15.7. The molecule has 28 heavy (non-hydrogen) atoms. The number of aryl methyl sites for hydroxylation is 1. The lowest BCUT2D eigenvalue weighted by molar-refractivity contribution is -0.121. The maximum absolute atomic E-state index is 13.6. The van der Waals surface area contributed by atoms with Crippen LogP contribution in [0.25, 0.3) is 0 Å². The number of nitrogens with zero attached hydrogens (tertiary/aromatic N) is 3. The Bertz CT molecular complexity index is 920. The normalized spacial score (nSPS) is 11.6. The molecule has 0 unspecified atom stereocenters. The first-order valence-electron chi connectivity index (χ1n) is 8.40. The summed E-state index contributed by atoms with van der Waals surface area (Å²) < 4.78 is 45.2. The number of halogens is 1. The van der Waals surface area contributed by atoms with Crippen LogP contribution < -0.4 is 10.1 Å². The summed E-state index contributed by atoms with van der Waals surface area (Å²) in [5.41, 5.74) is 0. The summed E-state index contributed by atoms with van der Waals surface area (Å²) in [5.74, 6) is 0.0628. The first kappa shape index (κ1) is 22.1. The van der Waals surface area contributed by atoms with Crippen LogP contribution in [0, 0.1) is 12.7 Å². The van der Waals surface area contributed by atoms with Crippen LogP contribution >= 0.6 is 11.8 Å². The lowest BCUT2D eigenvalue weighted by Crippen LogP contribution is -2.41. The number of carbonyl (C=O) groups is 1. The van der Waals surface area contributed by atoms with Crippen molar-refractivity contribution in [3.05, 3.63) is 29.8 Å². The van der Waals surface area contributed by atoms with E-state index in [4.69, 9.17) is 4.74 Å². The Kier molecular flexibility index (Phi) is 7.78. The summed E-state index contributed by atoms with van der Waals surface area (Å²) in [5, 5.41) is 9.91. The second kappa shape index (κ2) is 9.85. The van der Waals surface area contributed by atoms with Gasteiger partial charge in [0, 0.05) is 18.8 Å². The largest absolute Gasteiger partial charge is 0.495 e. The number of nitrogens with one attached hydrogen (secondary N) is 2. The molecule has 0 bridgehead atoms. The maximum atomic E-state index is 13.6. The molecule has 0 fully saturated rings. The van der Waals surface area contributed by atoms with Gasteiger partial charge in [-0.1, -0.05) is 18.7 Å². The van der Waals surface area contributed by atoms with E-state index in [1.54, 1.807) is 13.8 Å². The van der Waals surface area contributed by atoms with Crippen LogP contribution in [0.2, 0.25) is 0 Å². The number of H-pyrrole nitrogens is 1. The molecule has 1 heterocycles. The van der Waals surface area contributed by atoms with Gasteiger partial charge in [-0.2, -0.15) is 4.31 Å². The topological polar surface area (TPSA) is 117 Å². The SMILES string of the molecule is CCN(CC(=O)NCCSc1n[nH]c(C)n1)S(=O)(=O)c1cc(F)ccc1OC. The van der Waals surface area contributed by atoms with E-state index in [-0.39, 0.29) is 23.7 Å². The number of likely N-dealkylation sites (N-methyl/N-ethyl adjacent to an activating group) is 1. The smallest absolute Gasteiger partial charge is 0.247 e. The standard InChI is InChI=1S/C16H22FN5O4S2/c1-4-22(28(24,25)14-9-12(17)5-6-13(14)26-3)10-15(23)18-7-8-27-16-19-11(2)20-21-16/h5-6,9H,4,7-8,10H2,1-3H3,(H,18,23)(H,19,20,21). The van der Waals surface area contributed by atoms with Crippen molar-refractivity contribution in [1.82, 2.24) is 24.8 Å². The van der Waals surface area contributed by atoms with Crippen molar-refractivity contribution < 1.29 is 22.3 Å². The molecule has 2 aromatic rings. The number of methoxy groups -OCH3 is 1. The predicted molar refractivity (Wildman–Crippen MR) is 102 cm³/mol. The average molecular weight is 432 g/mol. The third kappa shape index (κ3) is 5.66. The van der Waals surface area contributed by atoms with Gasteiger partial charge in [0.15, 0.2) is 0 Å². The van der Waals surface area contributed by atoms with E-state index >= 15 is 0 Å². The van der Waals surface area contributed by atoms with Crippen LogP contribution in [0.5, 0.6) is 5.75 Å². The summed E-state index contributed by atoms with van der Waals surface area (Å²) in [4.78, 5) is 16.0. The van der Waals surface area contributed by atoms with Gasteiger partial charge in [0.2, 0.25) is 21.1 Å².